The first-order chi connectivity index (χ1) is 8.25. The molecule has 88 valence electrons. The van der Waals surface area contributed by atoms with Crippen LogP contribution >= 0.6 is 0 Å². The standard InChI is InChI=1S/C12H14N4O/c1-9(10-7-13-14-8-10)15-12(17)16-11-5-3-2-4-6-11/h2-9H,1H3,(H,13,14)(H2,15,16,17). The molecule has 0 radical (unpaired) electrons. The molecule has 0 fully saturated rings. The van der Waals surface area contributed by atoms with Crippen LogP contribution in [0.2, 0.25) is 0 Å². The van der Waals surface area contributed by atoms with Gasteiger partial charge in [-0.1, -0.05) is 18.2 Å². The van der Waals surface area contributed by atoms with E-state index in [0.29, 0.717) is 0 Å². The lowest BCUT2D eigenvalue weighted by atomic mass is 10.2. The monoisotopic (exact) mass is 230 g/mol. The minimum absolute atomic E-state index is 0.0857. The number of para-hydroxylation sites is 1. The van der Waals surface area contributed by atoms with Crippen LogP contribution in [0, 0.1) is 0 Å². The molecule has 5 heteroatoms. The van der Waals surface area contributed by atoms with E-state index in [1.54, 1.807) is 12.4 Å². The summed E-state index contributed by atoms with van der Waals surface area (Å²) in [6.07, 6.45) is 3.45. The normalized spacial score (nSPS) is 11.8. The van der Waals surface area contributed by atoms with Gasteiger partial charge in [0.15, 0.2) is 0 Å². The number of hydrogen-bond acceptors (Lipinski definition) is 2. The van der Waals surface area contributed by atoms with Gasteiger partial charge in [-0.05, 0) is 19.1 Å². The number of hydrogen-bond donors (Lipinski definition) is 3. The Bertz CT molecular complexity index is 467. The fourth-order valence-corrected chi connectivity index (χ4v) is 1.47. The highest BCUT2D eigenvalue weighted by Crippen LogP contribution is 2.10. The number of H-pyrrole nitrogens is 1. The van der Waals surface area contributed by atoms with Crippen molar-refractivity contribution in [2.45, 2.75) is 13.0 Å². The van der Waals surface area contributed by atoms with E-state index in [4.69, 9.17) is 0 Å². The van der Waals surface area contributed by atoms with E-state index < -0.39 is 0 Å². The molecular weight excluding hydrogens is 216 g/mol. The molecule has 5 nitrogen and oxygen atoms in total. The predicted octanol–water partition coefficient (Wildman–Crippen LogP) is 2.29. The van der Waals surface area contributed by atoms with Crippen LogP contribution in [0.5, 0.6) is 0 Å². The van der Waals surface area contributed by atoms with E-state index in [9.17, 15) is 4.79 Å². The van der Waals surface area contributed by atoms with E-state index in [1.165, 1.54) is 0 Å². The van der Waals surface area contributed by atoms with E-state index in [2.05, 4.69) is 20.8 Å². The molecule has 1 unspecified atom stereocenters. The lowest BCUT2D eigenvalue weighted by molar-refractivity contribution is 0.249. The molecule has 1 aromatic carbocycles. The topological polar surface area (TPSA) is 69.8 Å². The number of anilines is 1. The number of nitrogens with zero attached hydrogens (tertiary/aromatic N) is 1. The molecule has 1 heterocycles. The molecule has 2 aromatic rings. The largest absolute Gasteiger partial charge is 0.331 e. The van der Waals surface area contributed by atoms with Gasteiger partial charge in [-0.15, -0.1) is 0 Å². The van der Waals surface area contributed by atoms with Crippen LogP contribution in [-0.2, 0) is 0 Å². The van der Waals surface area contributed by atoms with Crippen molar-refractivity contribution in [1.29, 1.82) is 0 Å². The third-order valence-electron chi connectivity index (χ3n) is 2.40. The van der Waals surface area contributed by atoms with Gasteiger partial charge >= 0.3 is 6.03 Å². The van der Waals surface area contributed by atoms with Crippen molar-refractivity contribution < 1.29 is 4.79 Å². The zero-order chi connectivity index (χ0) is 12.1. The molecule has 0 saturated carbocycles. The second-order valence-corrected chi connectivity index (χ2v) is 3.72. The van der Waals surface area contributed by atoms with Gasteiger partial charge in [-0.2, -0.15) is 5.10 Å². The molecule has 0 aliphatic rings. The maximum absolute atomic E-state index is 11.7. The number of carbonyl (C=O) groups is 1. The molecule has 0 saturated heterocycles. The maximum Gasteiger partial charge on any atom is 0.319 e. The zero-order valence-corrected chi connectivity index (χ0v) is 9.47. The summed E-state index contributed by atoms with van der Waals surface area (Å²) in [6, 6.07) is 8.99. The molecule has 2 amide bonds. The number of benzene rings is 1. The summed E-state index contributed by atoms with van der Waals surface area (Å²) in [5.41, 5.74) is 1.71. The SMILES string of the molecule is CC(NC(=O)Nc1ccccc1)c1cn[nH]c1. The molecule has 3 N–H and O–H groups in total. The van der Waals surface area contributed by atoms with Crippen molar-refractivity contribution in [3.05, 3.63) is 48.3 Å². The Morgan fingerprint density at radius 2 is 2.12 bits per heavy atom. The Balaban J connectivity index is 1.90. The van der Waals surface area contributed by atoms with Gasteiger partial charge in [0.05, 0.1) is 12.2 Å². The summed E-state index contributed by atoms with van der Waals surface area (Å²) in [5.74, 6) is 0. The summed E-state index contributed by atoms with van der Waals surface area (Å²) < 4.78 is 0. The molecule has 0 spiro atoms. The van der Waals surface area contributed by atoms with Crippen LogP contribution < -0.4 is 10.6 Å². The van der Waals surface area contributed by atoms with Gasteiger partial charge in [-0.3, -0.25) is 5.10 Å². The van der Waals surface area contributed by atoms with Crippen LogP contribution in [0.4, 0.5) is 10.5 Å². The smallest absolute Gasteiger partial charge is 0.319 e. The second kappa shape index (κ2) is 5.16. The molecule has 2 rings (SSSR count). The van der Waals surface area contributed by atoms with E-state index in [0.717, 1.165) is 11.3 Å². The fraction of sp³-hybridized carbons (Fsp3) is 0.167. The molecule has 1 atom stereocenters. The van der Waals surface area contributed by atoms with Crippen molar-refractivity contribution in [1.82, 2.24) is 15.5 Å². The van der Waals surface area contributed by atoms with Crippen LogP contribution in [0.15, 0.2) is 42.7 Å². The average Bonchev–Trinajstić information content (AvgIpc) is 2.83. The van der Waals surface area contributed by atoms with Crippen LogP contribution in [0.1, 0.15) is 18.5 Å². The first-order valence-corrected chi connectivity index (χ1v) is 5.37. The van der Waals surface area contributed by atoms with Gasteiger partial charge in [0.2, 0.25) is 0 Å². The highest BCUT2D eigenvalue weighted by Gasteiger charge is 2.09. The second-order valence-electron chi connectivity index (χ2n) is 3.72. The van der Waals surface area contributed by atoms with Gasteiger partial charge in [0, 0.05) is 17.4 Å². The number of amides is 2. The quantitative estimate of drug-likeness (QED) is 0.757. The van der Waals surface area contributed by atoms with E-state index in [1.807, 2.05) is 37.3 Å². The molecular formula is C12H14N4O. The highest BCUT2D eigenvalue weighted by molar-refractivity contribution is 5.89. The first-order valence-electron chi connectivity index (χ1n) is 5.37. The molecule has 1 aromatic heterocycles. The lowest BCUT2D eigenvalue weighted by Crippen LogP contribution is -2.30. The summed E-state index contributed by atoms with van der Waals surface area (Å²) in [5, 5.41) is 12.1. The summed E-state index contributed by atoms with van der Waals surface area (Å²) in [6.45, 7) is 1.90. The van der Waals surface area contributed by atoms with E-state index >= 15 is 0 Å². The van der Waals surface area contributed by atoms with Crippen molar-refractivity contribution in [3.63, 3.8) is 0 Å². The zero-order valence-electron chi connectivity index (χ0n) is 9.47. The molecule has 0 bridgehead atoms. The molecule has 0 aliphatic carbocycles. The first kappa shape index (κ1) is 11.2. The lowest BCUT2D eigenvalue weighted by Gasteiger charge is -2.12. The summed E-state index contributed by atoms with van der Waals surface area (Å²) in [7, 11) is 0. The Hall–Kier alpha value is -2.30. The Morgan fingerprint density at radius 1 is 1.35 bits per heavy atom. The van der Waals surface area contributed by atoms with Crippen LogP contribution in [-0.4, -0.2) is 16.2 Å². The van der Waals surface area contributed by atoms with Gasteiger partial charge in [0.25, 0.3) is 0 Å². The number of urea groups is 1. The maximum atomic E-state index is 11.7. The van der Waals surface area contributed by atoms with E-state index in [-0.39, 0.29) is 12.1 Å². The van der Waals surface area contributed by atoms with Crippen LogP contribution in [0.3, 0.4) is 0 Å². The number of aromatic nitrogens is 2. The highest BCUT2D eigenvalue weighted by atomic mass is 16.2. The number of carbonyl (C=O) groups excluding carboxylic acids is 1. The number of nitrogens with one attached hydrogen (secondary N) is 3. The predicted molar refractivity (Wildman–Crippen MR) is 65.6 cm³/mol. The molecule has 17 heavy (non-hydrogen) atoms. The summed E-state index contributed by atoms with van der Waals surface area (Å²) >= 11 is 0. The number of rotatable bonds is 3. The van der Waals surface area contributed by atoms with Crippen LogP contribution in [0.25, 0.3) is 0 Å². The molecule has 0 aliphatic heterocycles. The Kier molecular flexibility index (Phi) is 3.40. The third-order valence-corrected chi connectivity index (χ3v) is 2.40. The minimum atomic E-state index is -0.232. The Morgan fingerprint density at radius 3 is 2.76 bits per heavy atom. The van der Waals surface area contributed by atoms with Crippen molar-refractivity contribution in [3.8, 4) is 0 Å². The van der Waals surface area contributed by atoms with Gasteiger partial charge in [0.1, 0.15) is 0 Å². The summed E-state index contributed by atoms with van der Waals surface area (Å²) in [4.78, 5) is 11.7. The van der Waals surface area contributed by atoms with Gasteiger partial charge < -0.3 is 10.6 Å². The minimum Gasteiger partial charge on any atom is -0.331 e. The fourth-order valence-electron chi connectivity index (χ4n) is 1.47. The average molecular weight is 230 g/mol. The van der Waals surface area contributed by atoms with Crippen molar-refractivity contribution in [2.24, 2.45) is 0 Å². The third kappa shape index (κ3) is 3.07. The van der Waals surface area contributed by atoms with Crippen molar-refractivity contribution in [2.75, 3.05) is 5.32 Å². The number of aromatic amines is 1. The van der Waals surface area contributed by atoms with Crippen molar-refractivity contribution >= 4 is 11.7 Å². The van der Waals surface area contributed by atoms with Gasteiger partial charge in [-0.25, -0.2) is 4.79 Å². The Labute approximate surface area is 99.2 Å².